The zero-order valence-corrected chi connectivity index (χ0v) is 10.2. The first-order valence-corrected chi connectivity index (χ1v) is 5.50. The lowest BCUT2D eigenvalue weighted by Gasteiger charge is -2.15. The maximum absolute atomic E-state index is 11.8. The van der Waals surface area contributed by atoms with Crippen LogP contribution in [0.3, 0.4) is 0 Å². The van der Waals surface area contributed by atoms with Gasteiger partial charge in [0.2, 0.25) is 11.8 Å². The number of ether oxygens (including phenoxy) is 1. The van der Waals surface area contributed by atoms with Crippen molar-refractivity contribution in [2.24, 2.45) is 0 Å². The highest BCUT2D eigenvalue weighted by Gasteiger charge is 2.29. The van der Waals surface area contributed by atoms with Crippen LogP contribution in [0.25, 0.3) is 0 Å². The number of nitrogens with zero attached hydrogens (tertiary/aromatic N) is 3. The number of methoxy groups -OCH3 is 1. The molecule has 0 aromatic carbocycles. The lowest BCUT2D eigenvalue weighted by atomic mass is 10.2. The predicted molar refractivity (Wildman–Crippen MR) is 63.0 cm³/mol. The van der Waals surface area contributed by atoms with Gasteiger partial charge in [-0.15, -0.1) is 0 Å². The average Bonchev–Trinajstić information content (AvgIpc) is 2.64. The molecule has 1 saturated heterocycles. The predicted octanol–water partition coefficient (Wildman–Crippen LogP) is 0.436. The summed E-state index contributed by atoms with van der Waals surface area (Å²) >= 11 is 0. The Morgan fingerprint density at radius 2 is 2.29 bits per heavy atom. The van der Waals surface area contributed by atoms with E-state index in [0.717, 1.165) is 18.5 Å². The molecule has 0 saturated carbocycles. The third kappa shape index (κ3) is 2.15. The number of likely N-dealkylation sites (N-methyl/N-ethyl adjacent to an activating group) is 1. The van der Waals surface area contributed by atoms with Crippen LogP contribution in [0.1, 0.15) is 12.0 Å². The van der Waals surface area contributed by atoms with Crippen LogP contribution in [0.15, 0.2) is 6.33 Å². The van der Waals surface area contributed by atoms with Gasteiger partial charge in [0, 0.05) is 13.6 Å². The molecule has 1 aliphatic rings. The van der Waals surface area contributed by atoms with Crippen molar-refractivity contribution in [2.45, 2.75) is 19.4 Å². The Kier molecular flexibility index (Phi) is 3.12. The number of anilines is 1. The first-order valence-electron chi connectivity index (χ1n) is 5.50. The summed E-state index contributed by atoms with van der Waals surface area (Å²) < 4.78 is 5.11. The summed E-state index contributed by atoms with van der Waals surface area (Å²) in [5.74, 6) is 1.29. The van der Waals surface area contributed by atoms with E-state index >= 15 is 0 Å². The Bertz CT molecular complexity index is 435. The summed E-state index contributed by atoms with van der Waals surface area (Å²) in [6, 6.07) is -0.196. The summed E-state index contributed by atoms with van der Waals surface area (Å²) in [7, 11) is 3.37. The molecule has 2 rings (SSSR count). The Labute approximate surface area is 100 Å². The van der Waals surface area contributed by atoms with Crippen molar-refractivity contribution >= 4 is 11.7 Å². The van der Waals surface area contributed by atoms with Gasteiger partial charge >= 0.3 is 0 Å². The molecule has 6 heteroatoms. The highest BCUT2D eigenvalue weighted by molar-refractivity contribution is 5.86. The number of rotatable bonds is 3. The molecule has 0 aliphatic carbocycles. The van der Waals surface area contributed by atoms with Crippen LogP contribution in [-0.2, 0) is 4.79 Å². The number of likely N-dealkylation sites (tertiary alicyclic amines) is 1. The number of carbonyl (C=O) groups is 1. The van der Waals surface area contributed by atoms with Gasteiger partial charge in [-0.25, -0.2) is 9.97 Å². The molecule has 0 spiro atoms. The molecule has 0 radical (unpaired) electrons. The van der Waals surface area contributed by atoms with Crippen LogP contribution in [0.2, 0.25) is 0 Å². The molecule has 2 heterocycles. The SMILES string of the molecule is COc1ncnc(NC2CCN(C)C2=O)c1C. The van der Waals surface area contributed by atoms with Crippen molar-refractivity contribution in [2.75, 3.05) is 26.0 Å². The number of hydrogen-bond donors (Lipinski definition) is 1. The van der Waals surface area contributed by atoms with Crippen LogP contribution in [-0.4, -0.2) is 47.5 Å². The molecule has 1 unspecified atom stereocenters. The topological polar surface area (TPSA) is 67.4 Å². The molecular weight excluding hydrogens is 220 g/mol. The van der Waals surface area contributed by atoms with E-state index in [1.54, 1.807) is 19.1 Å². The molecule has 1 N–H and O–H groups in total. The van der Waals surface area contributed by atoms with Gasteiger partial charge in [-0.2, -0.15) is 0 Å². The summed E-state index contributed by atoms with van der Waals surface area (Å²) in [5.41, 5.74) is 0.817. The number of nitrogens with one attached hydrogen (secondary N) is 1. The summed E-state index contributed by atoms with van der Waals surface area (Å²) in [6.07, 6.45) is 2.22. The lowest BCUT2D eigenvalue weighted by molar-refractivity contribution is -0.127. The van der Waals surface area contributed by atoms with Gasteiger partial charge in [0.25, 0.3) is 0 Å². The van der Waals surface area contributed by atoms with Crippen LogP contribution < -0.4 is 10.1 Å². The minimum absolute atomic E-state index is 0.0991. The Morgan fingerprint density at radius 3 is 2.88 bits per heavy atom. The normalized spacial score (nSPS) is 19.6. The second-order valence-electron chi connectivity index (χ2n) is 4.10. The summed E-state index contributed by atoms with van der Waals surface area (Å²) in [4.78, 5) is 21.6. The fourth-order valence-electron chi connectivity index (χ4n) is 1.91. The molecule has 1 aromatic heterocycles. The zero-order chi connectivity index (χ0) is 12.4. The second-order valence-corrected chi connectivity index (χ2v) is 4.10. The van der Waals surface area contributed by atoms with Crippen LogP contribution >= 0.6 is 0 Å². The summed E-state index contributed by atoms with van der Waals surface area (Å²) in [6.45, 7) is 2.64. The van der Waals surface area contributed by atoms with E-state index in [0.29, 0.717) is 11.7 Å². The second kappa shape index (κ2) is 4.57. The number of aromatic nitrogens is 2. The van der Waals surface area contributed by atoms with Crippen molar-refractivity contribution in [1.82, 2.24) is 14.9 Å². The van der Waals surface area contributed by atoms with Gasteiger partial charge < -0.3 is 15.0 Å². The molecular formula is C11H16N4O2. The largest absolute Gasteiger partial charge is 0.481 e. The van der Waals surface area contributed by atoms with Gasteiger partial charge in [-0.1, -0.05) is 0 Å². The molecule has 1 aromatic rings. The monoisotopic (exact) mass is 236 g/mol. The Morgan fingerprint density at radius 1 is 1.53 bits per heavy atom. The Hall–Kier alpha value is -1.85. The standard InChI is InChI=1S/C11H16N4O2/c1-7-9(12-6-13-10(7)17-3)14-8-4-5-15(2)11(8)16/h6,8H,4-5H2,1-3H3,(H,12,13,14). The van der Waals surface area contributed by atoms with Gasteiger partial charge in [0.05, 0.1) is 12.7 Å². The number of carbonyl (C=O) groups excluding carboxylic acids is 1. The van der Waals surface area contributed by atoms with Crippen LogP contribution in [0.5, 0.6) is 5.88 Å². The fraction of sp³-hybridized carbons (Fsp3) is 0.545. The molecule has 1 amide bonds. The maximum atomic E-state index is 11.8. The van der Waals surface area contributed by atoms with Gasteiger partial charge in [0.15, 0.2) is 0 Å². The van der Waals surface area contributed by atoms with Crippen molar-refractivity contribution in [3.8, 4) is 5.88 Å². The fourth-order valence-corrected chi connectivity index (χ4v) is 1.91. The van der Waals surface area contributed by atoms with Crippen molar-refractivity contribution in [3.05, 3.63) is 11.9 Å². The highest BCUT2D eigenvalue weighted by Crippen LogP contribution is 2.22. The smallest absolute Gasteiger partial charge is 0.244 e. The van der Waals surface area contributed by atoms with Crippen LogP contribution in [0, 0.1) is 6.92 Å². The van der Waals surface area contributed by atoms with E-state index in [1.165, 1.54) is 6.33 Å². The van der Waals surface area contributed by atoms with E-state index < -0.39 is 0 Å². The highest BCUT2D eigenvalue weighted by atomic mass is 16.5. The average molecular weight is 236 g/mol. The minimum Gasteiger partial charge on any atom is -0.481 e. The van der Waals surface area contributed by atoms with Crippen molar-refractivity contribution in [1.29, 1.82) is 0 Å². The number of hydrogen-bond acceptors (Lipinski definition) is 5. The molecule has 1 aliphatic heterocycles. The molecule has 1 atom stereocenters. The third-order valence-corrected chi connectivity index (χ3v) is 2.97. The van der Waals surface area contributed by atoms with Crippen molar-refractivity contribution < 1.29 is 9.53 Å². The first kappa shape index (κ1) is 11.6. The number of amides is 1. The van der Waals surface area contributed by atoms with Gasteiger partial charge in [-0.05, 0) is 13.3 Å². The third-order valence-electron chi connectivity index (χ3n) is 2.97. The van der Waals surface area contributed by atoms with Crippen LogP contribution in [0.4, 0.5) is 5.82 Å². The lowest BCUT2D eigenvalue weighted by Crippen LogP contribution is -2.31. The van der Waals surface area contributed by atoms with E-state index in [4.69, 9.17) is 4.74 Å². The Balaban J connectivity index is 2.17. The minimum atomic E-state index is -0.196. The summed E-state index contributed by atoms with van der Waals surface area (Å²) in [5, 5.41) is 3.14. The van der Waals surface area contributed by atoms with Crippen molar-refractivity contribution in [3.63, 3.8) is 0 Å². The molecule has 92 valence electrons. The first-order chi connectivity index (χ1) is 8.13. The molecule has 17 heavy (non-hydrogen) atoms. The van der Waals surface area contributed by atoms with E-state index in [9.17, 15) is 4.79 Å². The van der Waals surface area contributed by atoms with E-state index in [1.807, 2.05) is 6.92 Å². The van der Waals surface area contributed by atoms with E-state index in [-0.39, 0.29) is 11.9 Å². The molecule has 6 nitrogen and oxygen atoms in total. The quantitative estimate of drug-likeness (QED) is 0.824. The maximum Gasteiger partial charge on any atom is 0.244 e. The van der Waals surface area contributed by atoms with E-state index in [2.05, 4.69) is 15.3 Å². The van der Waals surface area contributed by atoms with Gasteiger partial charge in [-0.3, -0.25) is 4.79 Å². The zero-order valence-electron chi connectivity index (χ0n) is 10.2. The molecule has 0 bridgehead atoms. The molecule has 1 fully saturated rings. The van der Waals surface area contributed by atoms with Gasteiger partial charge in [0.1, 0.15) is 18.2 Å².